The summed E-state index contributed by atoms with van der Waals surface area (Å²) in [4.78, 5) is 17.2. The second kappa shape index (κ2) is 7.79. The number of carbonyl (C=O) groups excluding carboxylic acids is 1. The molecule has 4 rings (SSSR count). The van der Waals surface area contributed by atoms with E-state index in [4.69, 9.17) is 4.74 Å². The highest BCUT2D eigenvalue weighted by molar-refractivity contribution is 5.94. The van der Waals surface area contributed by atoms with Crippen molar-refractivity contribution in [3.05, 3.63) is 71.5 Å². The normalized spacial score (nSPS) is 20.4. The second-order valence-corrected chi connectivity index (χ2v) is 7.30. The van der Waals surface area contributed by atoms with Crippen LogP contribution in [0.25, 0.3) is 0 Å². The number of hydrogen-bond acceptors (Lipinski definition) is 3. The van der Waals surface area contributed by atoms with Crippen LogP contribution < -0.4 is 0 Å². The van der Waals surface area contributed by atoms with Crippen LogP contribution >= 0.6 is 0 Å². The number of ether oxygens (including phenoxy) is 1. The lowest BCUT2D eigenvalue weighted by Gasteiger charge is -2.50. The molecule has 2 saturated heterocycles. The third-order valence-electron chi connectivity index (χ3n) is 5.90. The Bertz CT molecular complexity index is 765. The van der Waals surface area contributed by atoms with Gasteiger partial charge in [-0.05, 0) is 42.7 Å². The molecule has 1 amide bonds. The third-order valence-corrected chi connectivity index (χ3v) is 5.90. The lowest BCUT2D eigenvalue weighted by molar-refractivity contribution is -0.0482. The van der Waals surface area contributed by atoms with Crippen LogP contribution in [0.3, 0.4) is 0 Å². The second-order valence-electron chi connectivity index (χ2n) is 7.30. The molecule has 0 radical (unpaired) electrons. The Morgan fingerprint density at radius 1 is 0.889 bits per heavy atom. The molecule has 142 valence electrons. The summed E-state index contributed by atoms with van der Waals surface area (Å²) in [5.74, 6) is -0.334. The highest BCUT2D eigenvalue weighted by Crippen LogP contribution is 2.39. The Balaban J connectivity index is 1.54. The molecule has 0 saturated carbocycles. The van der Waals surface area contributed by atoms with E-state index < -0.39 is 0 Å². The Hall–Kier alpha value is -2.24. The lowest BCUT2D eigenvalue weighted by Crippen LogP contribution is -2.57. The number of piperidine rings is 1. The Kier molecular flexibility index (Phi) is 5.23. The largest absolute Gasteiger partial charge is 0.379 e. The van der Waals surface area contributed by atoms with E-state index in [2.05, 4.69) is 29.2 Å². The van der Waals surface area contributed by atoms with Gasteiger partial charge in [-0.25, -0.2) is 4.39 Å². The number of carbonyl (C=O) groups is 1. The molecule has 0 aliphatic carbocycles. The molecule has 2 fully saturated rings. The van der Waals surface area contributed by atoms with Crippen LogP contribution in [-0.2, 0) is 10.3 Å². The van der Waals surface area contributed by atoms with Gasteiger partial charge in [-0.15, -0.1) is 0 Å². The van der Waals surface area contributed by atoms with Gasteiger partial charge in [-0.2, -0.15) is 0 Å². The van der Waals surface area contributed by atoms with E-state index in [1.165, 1.54) is 17.7 Å². The van der Waals surface area contributed by atoms with Gasteiger partial charge in [0.1, 0.15) is 5.82 Å². The molecule has 0 atom stereocenters. The van der Waals surface area contributed by atoms with Crippen molar-refractivity contribution in [2.75, 3.05) is 39.4 Å². The SMILES string of the molecule is O=C(c1ccc(F)cc1)N1CCC(c2ccccc2)(N2CCOCC2)CC1. The number of rotatable bonds is 3. The molecule has 27 heavy (non-hydrogen) atoms. The standard InChI is InChI=1S/C22H25FN2O2/c23-20-8-6-18(7-9-20)21(26)24-12-10-22(11-13-24,19-4-2-1-3-5-19)25-14-16-27-17-15-25/h1-9H,10-17H2. The first-order chi connectivity index (χ1) is 13.2. The molecule has 2 aliphatic rings. The van der Waals surface area contributed by atoms with Crippen LogP contribution in [-0.4, -0.2) is 55.1 Å². The van der Waals surface area contributed by atoms with Crippen molar-refractivity contribution in [1.82, 2.24) is 9.80 Å². The minimum Gasteiger partial charge on any atom is -0.379 e. The monoisotopic (exact) mass is 368 g/mol. The van der Waals surface area contributed by atoms with Crippen molar-refractivity contribution in [2.45, 2.75) is 18.4 Å². The van der Waals surface area contributed by atoms with E-state index in [0.29, 0.717) is 18.7 Å². The molecule has 2 aromatic rings. The van der Waals surface area contributed by atoms with Crippen molar-refractivity contribution in [1.29, 1.82) is 0 Å². The Morgan fingerprint density at radius 3 is 2.15 bits per heavy atom. The number of likely N-dealkylation sites (tertiary alicyclic amines) is 1. The first-order valence-electron chi connectivity index (χ1n) is 9.62. The minimum atomic E-state index is -0.319. The summed E-state index contributed by atoms with van der Waals surface area (Å²) >= 11 is 0. The average molecular weight is 368 g/mol. The summed E-state index contributed by atoms with van der Waals surface area (Å²) in [5, 5.41) is 0. The summed E-state index contributed by atoms with van der Waals surface area (Å²) in [5.41, 5.74) is 1.82. The highest BCUT2D eigenvalue weighted by atomic mass is 19.1. The number of amides is 1. The molecule has 0 N–H and O–H groups in total. The highest BCUT2D eigenvalue weighted by Gasteiger charge is 2.42. The maximum absolute atomic E-state index is 13.1. The molecule has 5 heteroatoms. The Labute approximate surface area is 159 Å². The van der Waals surface area contributed by atoms with Gasteiger partial charge in [0.2, 0.25) is 0 Å². The number of halogens is 1. The van der Waals surface area contributed by atoms with Crippen LogP contribution in [0.4, 0.5) is 4.39 Å². The van der Waals surface area contributed by atoms with Crippen LogP contribution in [0.5, 0.6) is 0 Å². The van der Waals surface area contributed by atoms with Crippen LogP contribution in [0.15, 0.2) is 54.6 Å². The van der Waals surface area contributed by atoms with E-state index in [-0.39, 0.29) is 17.3 Å². The maximum Gasteiger partial charge on any atom is 0.253 e. The fraction of sp³-hybridized carbons (Fsp3) is 0.409. The summed E-state index contributed by atoms with van der Waals surface area (Å²) in [6.45, 7) is 4.74. The quantitative estimate of drug-likeness (QED) is 0.833. The van der Waals surface area contributed by atoms with E-state index in [1.54, 1.807) is 12.1 Å². The van der Waals surface area contributed by atoms with E-state index in [9.17, 15) is 9.18 Å². The van der Waals surface area contributed by atoms with Gasteiger partial charge < -0.3 is 9.64 Å². The van der Waals surface area contributed by atoms with Gasteiger partial charge in [0.15, 0.2) is 0 Å². The Morgan fingerprint density at radius 2 is 1.52 bits per heavy atom. The molecular formula is C22H25FN2O2. The molecule has 2 aromatic carbocycles. The minimum absolute atomic E-state index is 0.0151. The van der Waals surface area contributed by atoms with Gasteiger partial charge in [0, 0.05) is 37.3 Å². The maximum atomic E-state index is 13.1. The van der Waals surface area contributed by atoms with E-state index in [1.807, 2.05) is 11.0 Å². The third kappa shape index (κ3) is 3.62. The van der Waals surface area contributed by atoms with Crippen molar-refractivity contribution in [3.8, 4) is 0 Å². The molecule has 4 nitrogen and oxygen atoms in total. The smallest absolute Gasteiger partial charge is 0.253 e. The van der Waals surface area contributed by atoms with Crippen molar-refractivity contribution < 1.29 is 13.9 Å². The number of hydrogen-bond donors (Lipinski definition) is 0. The molecule has 2 heterocycles. The topological polar surface area (TPSA) is 32.8 Å². The summed E-state index contributed by atoms with van der Waals surface area (Å²) in [6.07, 6.45) is 1.79. The average Bonchev–Trinajstić information content (AvgIpc) is 2.75. The molecule has 0 bridgehead atoms. The van der Waals surface area contributed by atoms with Gasteiger partial charge in [0.25, 0.3) is 5.91 Å². The van der Waals surface area contributed by atoms with Crippen molar-refractivity contribution in [3.63, 3.8) is 0 Å². The van der Waals surface area contributed by atoms with E-state index >= 15 is 0 Å². The first-order valence-corrected chi connectivity index (χ1v) is 9.62. The van der Waals surface area contributed by atoms with Gasteiger partial charge in [0.05, 0.1) is 13.2 Å². The predicted octanol–water partition coefficient (Wildman–Crippen LogP) is 3.29. The van der Waals surface area contributed by atoms with Crippen LogP contribution in [0.1, 0.15) is 28.8 Å². The summed E-state index contributed by atoms with van der Waals surface area (Å²) in [6, 6.07) is 16.5. The van der Waals surface area contributed by atoms with Crippen LogP contribution in [0, 0.1) is 5.82 Å². The lowest BCUT2D eigenvalue weighted by atomic mass is 9.79. The molecule has 0 unspecified atom stereocenters. The zero-order valence-electron chi connectivity index (χ0n) is 15.4. The van der Waals surface area contributed by atoms with Gasteiger partial charge >= 0.3 is 0 Å². The number of morpholine rings is 1. The molecule has 2 aliphatic heterocycles. The molecular weight excluding hydrogens is 343 g/mol. The molecule has 0 aromatic heterocycles. The van der Waals surface area contributed by atoms with Gasteiger partial charge in [-0.1, -0.05) is 30.3 Å². The number of benzene rings is 2. The van der Waals surface area contributed by atoms with Crippen molar-refractivity contribution >= 4 is 5.91 Å². The predicted molar refractivity (Wildman–Crippen MR) is 102 cm³/mol. The fourth-order valence-corrected chi connectivity index (χ4v) is 4.38. The zero-order chi connectivity index (χ0) is 18.7. The summed E-state index contributed by atoms with van der Waals surface area (Å²) in [7, 11) is 0. The zero-order valence-corrected chi connectivity index (χ0v) is 15.4. The summed E-state index contributed by atoms with van der Waals surface area (Å²) < 4.78 is 18.7. The van der Waals surface area contributed by atoms with Crippen LogP contribution in [0.2, 0.25) is 0 Å². The number of nitrogens with zero attached hydrogens (tertiary/aromatic N) is 2. The van der Waals surface area contributed by atoms with Crippen molar-refractivity contribution in [2.24, 2.45) is 0 Å². The van der Waals surface area contributed by atoms with E-state index in [0.717, 1.165) is 39.1 Å². The van der Waals surface area contributed by atoms with Gasteiger partial charge in [-0.3, -0.25) is 9.69 Å². The fourth-order valence-electron chi connectivity index (χ4n) is 4.38. The first kappa shape index (κ1) is 18.1. The molecule has 0 spiro atoms.